The summed E-state index contributed by atoms with van der Waals surface area (Å²) in [4.78, 5) is 66.2. The van der Waals surface area contributed by atoms with Crippen LogP contribution < -0.4 is 10.6 Å². The Morgan fingerprint density at radius 1 is 0.224 bits per heavy atom. The lowest BCUT2D eigenvalue weighted by molar-refractivity contribution is -0.116. The maximum Gasteiger partial charge on any atom is 0.224 e. The smallest absolute Gasteiger partial charge is 0.224 e. The number of nitrogens with zero attached hydrogens (tertiary/aromatic N) is 4. The van der Waals surface area contributed by atoms with Crippen molar-refractivity contribution in [3.8, 4) is 89.0 Å². The number of H-pyrrole nitrogens is 4. The Hall–Kier alpha value is -14.1. The first-order valence-electron chi connectivity index (χ1n) is 36.3. The van der Waals surface area contributed by atoms with Crippen LogP contribution in [-0.2, 0) is 9.59 Å². The van der Waals surface area contributed by atoms with Crippen molar-refractivity contribution in [3.63, 3.8) is 0 Å². The van der Waals surface area contributed by atoms with Crippen LogP contribution in [0.1, 0.15) is 77.7 Å². The van der Waals surface area contributed by atoms with E-state index in [9.17, 15) is 9.59 Å². The molecule has 0 unspecified atom stereocenters. The Bertz CT molecular complexity index is 5850. The number of anilines is 2. The van der Waals surface area contributed by atoms with Crippen LogP contribution in [0.2, 0.25) is 0 Å². The third-order valence-electron chi connectivity index (χ3n) is 20.1. The van der Waals surface area contributed by atoms with Crippen LogP contribution in [0.5, 0.6) is 0 Å². The summed E-state index contributed by atoms with van der Waals surface area (Å²) < 4.78 is 0. The molecule has 4 aliphatic rings. The molecule has 0 saturated carbocycles. The molecule has 0 radical (unpaired) electrons. The van der Waals surface area contributed by atoms with E-state index in [0.717, 1.165) is 179 Å². The van der Waals surface area contributed by atoms with Crippen LogP contribution in [0.3, 0.4) is 0 Å². The van der Waals surface area contributed by atoms with Gasteiger partial charge in [-0.2, -0.15) is 0 Å². The number of para-hydroxylation sites is 2. The molecule has 2 amide bonds. The number of fused-ring (bicyclic) bond motifs is 16. The van der Waals surface area contributed by atoms with E-state index in [1.54, 1.807) is 0 Å². The number of hydrogen-bond acceptors (Lipinski definition) is 6. The maximum absolute atomic E-state index is 14.4. The van der Waals surface area contributed by atoms with Gasteiger partial charge in [-0.15, -0.1) is 0 Å². The lowest BCUT2D eigenvalue weighted by Gasteiger charge is -2.13. The van der Waals surface area contributed by atoms with Gasteiger partial charge in [-0.1, -0.05) is 225 Å². The van der Waals surface area contributed by atoms with Gasteiger partial charge >= 0.3 is 0 Å². The highest BCUT2D eigenvalue weighted by Crippen LogP contribution is 2.44. The number of carbonyl (C=O) groups excluding carboxylic acids is 2. The monoisotopic (exact) mass is 1380 g/mol. The number of nitrogens with one attached hydrogen (secondary N) is 6. The number of benzene rings is 8. The van der Waals surface area contributed by atoms with Crippen LogP contribution in [0, 0.1) is 0 Å². The highest BCUT2D eigenvalue weighted by atomic mass is 16.2. The fourth-order valence-electron chi connectivity index (χ4n) is 15.2. The highest BCUT2D eigenvalue weighted by Gasteiger charge is 2.24. The highest BCUT2D eigenvalue weighted by molar-refractivity contribution is 6.06. The predicted molar refractivity (Wildman–Crippen MR) is 442 cm³/mol. The molecule has 0 fully saturated rings. The molecule has 16 bridgehead atoms. The normalized spacial score (nSPS) is 12.0. The summed E-state index contributed by atoms with van der Waals surface area (Å²) in [5, 5.41) is 6.65. The second-order valence-electron chi connectivity index (χ2n) is 26.9. The number of rotatable bonds is 16. The molecule has 18 rings (SSSR count). The predicted octanol–water partition coefficient (Wildman–Crippen LogP) is 23.5. The molecule has 12 nitrogen and oxygen atoms in total. The van der Waals surface area contributed by atoms with Gasteiger partial charge in [0.25, 0.3) is 0 Å². The number of carbonyl (C=O) groups is 2. The fraction of sp³-hybridized carbons (Fsp3) is 0.0526. The Morgan fingerprint density at radius 3 is 0.654 bits per heavy atom. The molecule has 8 aromatic carbocycles. The van der Waals surface area contributed by atoms with Gasteiger partial charge in [0.05, 0.1) is 45.6 Å². The van der Waals surface area contributed by atoms with Crippen molar-refractivity contribution in [3.05, 3.63) is 325 Å². The Balaban J connectivity index is 0.652. The summed E-state index contributed by atoms with van der Waals surface area (Å²) in [5.74, 6) is -0.261. The van der Waals surface area contributed by atoms with Gasteiger partial charge in [-0.25, -0.2) is 19.9 Å². The summed E-state index contributed by atoms with van der Waals surface area (Å²) in [6.07, 6.45) is 19.0. The van der Waals surface area contributed by atoms with Gasteiger partial charge in [0.15, 0.2) is 0 Å². The average molecular weight is 1380 g/mol. The Kier molecular flexibility index (Phi) is 17.4. The zero-order chi connectivity index (χ0) is 71.6. The molecule has 0 spiro atoms. The lowest BCUT2D eigenvalue weighted by atomic mass is 10.0. The number of hydrogen-bond donors (Lipinski definition) is 6. The van der Waals surface area contributed by atoms with Crippen LogP contribution in [-0.4, -0.2) is 51.7 Å². The molecule has 0 atom stereocenters. The number of aromatic nitrogens is 8. The van der Waals surface area contributed by atoms with Gasteiger partial charge in [-0.3, -0.25) is 9.59 Å². The summed E-state index contributed by atoms with van der Waals surface area (Å²) in [6.45, 7) is 0. The standard InChI is InChI=1S/C95H70N10O2/c106-86(104-68-40-24-22-38-66(68)94-82-56-52-78(100-82)90(62-30-12-3-13-31-62)74-48-44-70(96-74)88(60-26-8-1-9-27-60)71-45-49-75(97-71)91(63-32-14-4-15-33-63)79-53-57-83(94)101-79)42-20-7-21-43-87(107)105-69-41-25-23-39-67(69)95-84-58-54-80(102-84)92(64-34-16-5-17-35-64)76-50-46-72(98-76)89(61-28-10-2-11-29-61)73-47-51-77(99-73)93(65-36-18-6-19-37-65)81-55-59-85(95)103-81/h1-6,8-19,22-41,44-59,96,98,101,103H,7,20-21,42-43H2,(H,104,106)(H,105,107). The van der Waals surface area contributed by atoms with Gasteiger partial charge in [0, 0.05) is 124 Å². The molecule has 4 aliphatic heterocycles. The largest absolute Gasteiger partial charge is 0.354 e. The second kappa shape index (κ2) is 28.6. The van der Waals surface area contributed by atoms with Crippen molar-refractivity contribution in [1.29, 1.82) is 0 Å². The maximum atomic E-state index is 14.4. The van der Waals surface area contributed by atoms with Crippen molar-refractivity contribution in [2.75, 3.05) is 10.6 Å². The lowest BCUT2D eigenvalue weighted by Crippen LogP contribution is -2.13. The molecular weight excluding hydrogens is 1310 g/mol. The van der Waals surface area contributed by atoms with Gasteiger partial charge in [0.1, 0.15) is 0 Å². The first kappa shape index (κ1) is 65.0. The number of amides is 2. The zero-order valence-electron chi connectivity index (χ0n) is 58.3. The molecule has 0 saturated heterocycles. The zero-order valence-corrected chi connectivity index (χ0v) is 58.3. The van der Waals surface area contributed by atoms with Crippen LogP contribution >= 0.6 is 0 Å². The first-order chi connectivity index (χ1) is 52.9. The van der Waals surface area contributed by atoms with Crippen molar-refractivity contribution in [2.24, 2.45) is 0 Å². The molecule has 12 heteroatoms. The van der Waals surface area contributed by atoms with Crippen LogP contribution in [0.25, 0.3) is 182 Å². The molecule has 0 aliphatic carbocycles. The van der Waals surface area contributed by atoms with Crippen molar-refractivity contribution in [1.82, 2.24) is 39.9 Å². The van der Waals surface area contributed by atoms with E-state index in [0.29, 0.717) is 30.6 Å². The van der Waals surface area contributed by atoms with E-state index >= 15 is 0 Å². The summed E-state index contributed by atoms with van der Waals surface area (Å²) >= 11 is 0. The molecule has 6 N–H and O–H groups in total. The van der Waals surface area contributed by atoms with Gasteiger partial charge in [-0.05, 0) is 155 Å². The molecule has 107 heavy (non-hydrogen) atoms. The van der Waals surface area contributed by atoms with E-state index in [1.165, 1.54) is 0 Å². The molecule has 6 aromatic heterocycles. The number of unbranched alkanes of at least 4 members (excludes halogenated alkanes) is 2. The van der Waals surface area contributed by atoms with E-state index in [4.69, 9.17) is 19.9 Å². The minimum atomic E-state index is -0.131. The minimum Gasteiger partial charge on any atom is -0.354 e. The van der Waals surface area contributed by atoms with E-state index in [1.807, 2.05) is 84.9 Å². The molecular formula is C95H70N10O2. The van der Waals surface area contributed by atoms with Crippen LogP contribution in [0.15, 0.2) is 279 Å². The summed E-state index contributed by atoms with van der Waals surface area (Å²) in [6, 6.07) is 95.2. The topological polar surface area (TPSA) is 173 Å². The number of aromatic amines is 4. The third-order valence-corrected chi connectivity index (χ3v) is 20.1. The first-order valence-corrected chi connectivity index (χ1v) is 36.3. The Morgan fingerprint density at radius 2 is 0.421 bits per heavy atom. The molecule has 14 aromatic rings. The van der Waals surface area contributed by atoms with E-state index in [-0.39, 0.29) is 24.7 Å². The van der Waals surface area contributed by atoms with Gasteiger partial charge in [0.2, 0.25) is 11.8 Å². The minimum absolute atomic E-state index is 0.131. The van der Waals surface area contributed by atoms with Crippen molar-refractivity contribution >= 4 is 116 Å². The van der Waals surface area contributed by atoms with Crippen LogP contribution in [0.4, 0.5) is 11.4 Å². The molecule has 10 heterocycles. The van der Waals surface area contributed by atoms with Gasteiger partial charge < -0.3 is 30.6 Å². The molecule has 512 valence electrons. The summed E-state index contributed by atoms with van der Waals surface area (Å²) in [7, 11) is 0. The van der Waals surface area contributed by atoms with Crippen molar-refractivity contribution in [2.45, 2.75) is 32.1 Å². The summed E-state index contributed by atoms with van der Waals surface area (Å²) in [5.41, 5.74) is 29.8. The second-order valence-corrected chi connectivity index (χ2v) is 26.9. The quantitative estimate of drug-likeness (QED) is 0.0526. The van der Waals surface area contributed by atoms with E-state index in [2.05, 4.69) is 273 Å². The third kappa shape index (κ3) is 12.9. The SMILES string of the molecule is O=C(CCCCCC(=O)Nc1ccccc1-c1c2nc(c(-c3ccccc3)c3ccc([nH]3)c(-c3ccccc3)c3nc(c(-c4ccccc4)c4ccc1[nH]4)C=C3)C=C2)Nc1ccccc1-c1c2nc(c(-c3ccccc3)c3ccc([nH]3)c(-c3ccccc3)c3nc(c(-c4ccccc4)c4ccc1[nH]4)C=C3)C=C2. The fourth-order valence-corrected chi connectivity index (χ4v) is 15.2. The van der Waals surface area contributed by atoms with Crippen molar-refractivity contribution < 1.29 is 9.59 Å². The Labute approximate surface area is 618 Å². The van der Waals surface area contributed by atoms with E-state index < -0.39 is 0 Å². The average Bonchev–Trinajstić information content (AvgIpc) is 1.63.